The molecule has 82 valence electrons. The molecule has 0 aliphatic heterocycles. The van der Waals surface area contributed by atoms with Gasteiger partial charge in [0.2, 0.25) is 0 Å². The second-order valence-corrected chi connectivity index (χ2v) is 3.39. The summed E-state index contributed by atoms with van der Waals surface area (Å²) in [4.78, 5) is 11.5. The van der Waals surface area contributed by atoms with Crippen LogP contribution >= 0.6 is 0 Å². The van der Waals surface area contributed by atoms with Crippen LogP contribution in [0.4, 0.5) is 0 Å². The highest BCUT2D eigenvalue weighted by Crippen LogP contribution is 2.22. The number of hydrogen-bond acceptors (Lipinski definition) is 3. The molecule has 0 bridgehead atoms. The third-order valence-corrected chi connectivity index (χ3v) is 2.42. The minimum Gasteiger partial charge on any atom is -0.468 e. The van der Waals surface area contributed by atoms with Gasteiger partial charge in [0.15, 0.2) is 0 Å². The Morgan fingerprint density at radius 3 is 2.47 bits per heavy atom. The van der Waals surface area contributed by atoms with E-state index in [0.717, 1.165) is 5.56 Å². The summed E-state index contributed by atoms with van der Waals surface area (Å²) < 4.78 is 4.69. The first-order valence-electron chi connectivity index (χ1n) is 5.01. The van der Waals surface area contributed by atoms with Crippen molar-refractivity contribution in [3.63, 3.8) is 0 Å². The molecular formula is C12H16O3. The monoisotopic (exact) mass is 208 g/mol. The molecule has 3 nitrogen and oxygen atoms in total. The molecule has 0 saturated carbocycles. The van der Waals surface area contributed by atoms with Crippen molar-refractivity contribution in [3.05, 3.63) is 35.9 Å². The van der Waals surface area contributed by atoms with E-state index in [-0.39, 0.29) is 0 Å². The fourth-order valence-electron chi connectivity index (χ4n) is 1.54. The van der Waals surface area contributed by atoms with Gasteiger partial charge in [-0.1, -0.05) is 37.3 Å². The zero-order valence-corrected chi connectivity index (χ0v) is 9.01. The zero-order chi connectivity index (χ0) is 11.3. The molecule has 0 unspecified atom stereocenters. The maximum absolute atomic E-state index is 11.5. The Hall–Kier alpha value is -1.35. The van der Waals surface area contributed by atoms with E-state index in [9.17, 15) is 9.90 Å². The lowest BCUT2D eigenvalue weighted by Gasteiger charge is -2.19. The lowest BCUT2D eigenvalue weighted by molar-refractivity contribution is -0.145. The van der Waals surface area contributed by atoms with E-state index < -0.39 is 18.0 Å². The molecule has 0 aliphatic carbocycles. The van der Waals surface area contributed by atoms with E-state index in [1.807, 2.05) is 37.3 Å². The Morgan fingerprint density at radius 1 is 1.40 bits per heavy atom. The van der Waals surface area contributed by atoms with Crippen LogP contribution in [0, 0.1) is 0 Å². The predicted molar refractivity (Wildman–Crippen MR) is 57.5 cm³/mol. The highest BCUT2D eigenvalue weighted by molar-refractivity contribution is 5.78. The minimum atomic E-state index is -0.695. The number of carbonyl (C=O) groups excluding carboxylic acids is 1. The van der Waals surface area contributed by atoms with Crippen LogP contribution in [0.15, 0.2) is 30.3 Å². The first-order valence-corrected chi connectivity index (χ1v) is 5.01. The Balaban J connectivity index is 2.96. The molecule has 0 spiro atoms. The summed E-state index contributed by atoms with van der Waals surface area (Å²) in [5.41, 5.74) is 0.790. The standard InChI is InChI=1S/C12H16O3/c1-3-10(13)11(12(14)15-2)9-7-5-4-6-8-9/h4-8,10-11,13H,3H2,1-2H3/t10-,11+/m1/s1. The number of ether oxygens (including phenoxy) is 1. The molecule has 1 N–H and O–H groups in total. The van der Waals surface area contributed by atoms with Crippen molar-refractivity contribution in [2.75, 3.05) is 7.11 Å². The second-order valence-electron chi connectivity index (χ2n) is 3.39. The van der Waals surface area contributed by atoms with Crippen LogP contribution in [0.5, 0.6) is 0 Å². The van der Waals surface area contributed by atoms with Gasteiger partial charge < -0.3 is 9.84 Å². The highest BCUT2D eigenvalue weighted by atomic mass is 16.5. The van der Waals surface area contributed by atoms with Crippen LogP contribution in [0.1, 0.15) is 24.8 Å². The van der Waals surface area contributed by atoms with Crippen molar-refractivity contribution in [2.24, 2.45) is 0 Å². The van der Waals surface area contributed by atoms with Crippen molar-refractivity contribution in [1.29, 1.82) is 0 Å². The summed E-state index contributed by atoms with van der Waals surface area (Å²) in [7, 11) is 1.33. The summed E-state index contributed by atoms with van der Waals surface area (Å²) in [6.07, 6.45) is -0.172. The molecule has 0 radical (unpaired) electrons. The summed E-state index contributed by atoms with van der Waals surface area (Å²) in [5, 5.41) is 9.77. The van der Waals surface area contributed by atoms with Crippen molar-refractivity contribution in [2.45, 2.75) is 25.4 Å². The van der Waals surface area contributed by atoms with Crippen LogP contribution < -0.4 is 0 Å². The summed E-state index contributed by atoms with van der Waals surface area (Å²) >= 11 is 0. The van der Waals surface area contributed by atoms with Gasteiger partial charge in [0, 0.05) is 0 Å². The van der Waals surface area contributed by atoms with Gasteiger partial charge in [-0.25, -0.2) is 0 Å². The van der Waals surface area contributed by atoms with Gasteiger partial charge in [-0.2, -0.15) is 0 Å². The quantitative estimate of drug-likeness (QED) is 0.766. The molecular weight excluding hydrogens is 192 g/mol. The smallest absolute Gasteiger partial charge is 0.315 e. The molecule has 0 saturated heterocycles. The van der Waals surface area contributed by atoms with Crippen molar-refractivity contribution in [1.82, 2.24) is 0 Å². The lowest BCUT2D eigenvalue weighted by atomic mass is 9.92. The molecule has 0 fully saturated rings. The van der Waals surface area contributed by atoms with Gasteiger partial charge in [0.1, 0.15) is 5.92 Å². The maximum atomic E-state index is 11.5. The molecule has 0 heterocycles. The van der Waals surface area contributed by atoms with Gasteiger partial charge in [-0.05, 0) is 12.0 Å². The van der Waals surface area contributed by atoms with Crippen LogP contribution in [-0.4, -0.2) is 24.3 Å². The van der Waals surface area contributed by atoms with Gasteiger partial charge in [-0.3, -0.25) is 4.79 Å². The fourth-order valence-corrected chi connectivity index (χ4v) is 1.54. The van der Waals surface area contributed by atoms with Gasteiger partial charge >= 0.3 is 5.97 Å². The topological polar surface area (TPSA) is 46.5 Å². The molecule has 15 heavy (non-hydrogen) atoms. The van der Waals surface area contributed by atoms with Crippen molar-refractivity contribution >= 4 is 5.97 Å². The zero-order valence-electron chi connectivity index (χ0n) is 9.01. The number of methoxy groups -OCH3 is 1. The Labute approximate surface area is 89.7 Å². The molecule has 1 rings (SSSR count). The highest BCUT2D eigenvalue weighted by Gasteiger charge is 2.27. The number of benzene rings is 1. The predicted octanol–water partition coefficient (Wildman–Crippen LogP) is 1.71. The SMILES string of the molecule is CC[C@@H](O)[C@@H](C(=O)OC)c1ccccc1. The normalized spacial score (nSPS) is 14.3. The summed E-state index contributed by atoms with van der Waals surface area (Å²) in [6, 6.07) is 9.19. The van der Waals surface area contributed by atoms with Gasteiger partial charge in [-0.15, -0.1) is 0 Å². The van der Waals surface area contributed by atoms with E-state index in [2.05, 4.69) is 0 Å². The molecule has 0 amide bonds. The molecule has 2 atom stereocenters. The van der Waals surface area contributed by atoms with Crippen molar-refractivity contribution < 1.29 is 14.6 Å². The third-order valence-electron chi connectivity index (χ3n) is 2.42. The molecule has 1 aromatic carbocycles. The average Bonchev–Trinajstić information content (AvgIpc) is 2.30. The average molecular weight is 208 g/mol. The van der Waals surface area contributed by atoms with Crippen LogP contribution in [0.3, 0.4) is 0 Å². The van der Waals surface area contributed by atoms with E-state index in [1.165, 1.54) is 7.11 Å². The first-order chi connectivity index (χ1) is 7.20. The number of hydrogen-bond donors (Lipinski definition) is 1. The minimum absolute atomic E-state index is 0.393. The van der Waals surface area contributed by atoms with Gasteiger partial charge in [0.25, 0.3) is 0 Å². The van der Waals surface area contributed by atoms with E-state index in [1.54, 1.807) is 0 Å². The number of aliphatic hydroxyl groups is 1. The summed E-state index contributed by atoms with van der Waals surface area (Å²) in [5.74, 6) is -0.975. The number of carbonyl (C=O) groups is 1. The first kappa shape index (κ1) is 11.7. The molecule has 0 aromatic heterocycles. The van der Waals surface area contributed by atoms with Gasteiger partial charge in [0.05, 0.1) is 13.2 Å². The van der Waals surface area contributed by atoms with E-state index in [0.29, 0.717) is 6.42 Å². The van der Waals surface area contributed by atoms with Crippen molar-refractivity contribution in [3.8, 4) is 0 Å². The molecule has 1 aromatic rings. The van der Waals surface area contributed by atoms with Crippen LogP contribution in [0.2, 0.25) is 0 Å². The number of esters is 1. The van der Waals surface area contributed by atoms with E-state index in [4.69, 9.17) is 4.74 Å². The maximum Gasteiger partial charge on any atom is 0.315 e. The number of rotatable bonds is 4. The largest absolute Gasteiger partial charge is 0.468 e. The van der Waals surface area contributed by atoms with Crippen LogP contribution in [-0.2, 0) is 9.53 Å². The molecule has 3 heteroatoms. The summed E-state index contributed by atoms with van der Waals surface area (Å²) in [6.45, 7) is 1.84. The Bertz CT molecular complexity index is 308. The Kier molecular flexibility index (Phi) is 4.31. The Morgan fingerprint density at radius 2 is 2.00 bits per heavy atom. The van der Waals surface area contributed by atoms with Crippen LogP contribution in [0.25, 0.3) is 0 Å². The third kappa shape index (κ3) is 2.80. The fraction of sp³-hybridized carbons (Fsp3) is 0.417. The lowest BCUT2D eigenvalue weighted by Crippen LogP contribution is -2.26. The van der Waals surface area contributed by atoms with E-state index >= 15 is 0 Å². The number of aliphatic hydroxyl groups excluding tert-OH is 1. The second kappa shape index (κ2) is 5.51. The molecule has 0 aliphatic rings.